The molecule has 4 aromatic rings. The number of aromatic nitrogens is 3. The number of thiazole rings is 1. The molecule has 0 aliphatic carbocycles. The van der Waals surface area contributed by atoms with Gasteiger partial charge < -0.3 is 14.6 Å². The largest absolute Gasteiger partial charge is 0.392 e. The minimum absolute atomic E-state index is 0.176. The Balaban J connectivity index is 1.16. The second-order valence-corrected chi connectivity index (χ2v) is 13.7. The van der Waals surface area contributed by atoms with Gasteiger partial charge in [-0.25, -0.2) is 27.5 Å². The molecule has 216 valence electrons. The summed E-state index contributed by atoms with van der Waals surface area (Å²) < 4.78 is 45.2. The van der Waals surface area contributed by atoms with Gasteiger partial charge in [0.25, 0.3) is 10.0 Å². The van der Waals surface area contributed by atoms with Crippen molar-refractivity contribution in [2.24, 2.45) is 0 Å². The van der Waals surface area contributed by atoms with Crippen molar-refractivity contribution in [2.45, 2.75) is 48.7 Å². The second kappa shape index (κ2) is 11.6. The molecule has 0 spiro atoms. The smallest absolute Gasteiger partial charge is 0.252 e. The van der Waals surface area contributed by atoms with Crippen LogP contribution in [0.5, 0.6) is 0 Å². The molecule has 9 nitrogen and oxygen atoms in total. The molecule has 0 amide bonds. The van der Waals surface area contributed by atoms with E-state index in [1.165, 1.54) is 29.7 Å². The van der Waals surface area contributed by atoms with Gasteiger partial charge in [0.05, 0.1) is 30.5 Å². The highest BCUT2D eigenvalue weighted by Crippen LogP contribution is 2.33. The molecular weight excluding hydrogens is 563 g/mol. The minimum Gasteiger partial charge on any atom is -0.392 e. The molecule has 12 heteroatoms. The second-order valence-electron chi connectivity index (χ2n) is 10.7. The summed E-state index contributed by atoms with van der Waals surface area (Å²) in [6.07, 6.45) is 6.11. The van der Waals surface area contributed by atoms with Gasteiger partial charge >= 0.3 is 0 Å². The maximum Gasteiger partial charge on any atom is 0.252 e. The molecule has 2 saturated heterocycles. The Kier molecular flexibility index (Phi) is 7.92. The van der Waals surface area contributed by atoms with Crippen molar-refractivity contribution in [1.29, 1.82) is 0 Å². The first kappa shape index (κ1) is 28.0. The topological polar surface area (TPSA) is 104 Å². The Hall–Kier alpha value is -3.16. The van der Waals surface area contributed by atoms with Gasteiger partial charge in [-0.15, -0.1) is 0 Å². The highest BCUT2D eigenvalue weighted by molar-refractivity contribution is 7.91. The number of hydrogen-bond acceptors (Lipinski definition) is 8. The number of rotatable bonds is 9. The predicted octanol–water partition coefficient (Wildman–Crippen LogP) is 3.68. The highest BCUT2D eigenvalue weighted by atomic mass is 32.2. The van der Waals surface area contributed by atoms with Crippen molar-refractivity contribution < 1.29 is 17.9 Å². The zero-order valence-electron chi connectivity index (χ0n) is 22.7. The Morgan fingerprint density at radius 2 is 1.93 bits per heavy atom. The van der Waals surface area contributed by atoms with Crippen molar-refractivity contribution in [3.8, 4) is 11.3 Å². The lowest BCUT2D eigenvalue weighted by molar-refractivity contribution is 0.173. The zero-order valence-corrected chi connectivity index (χ0v) is 24.4. The zero-order chi connectivity index (χ0) is 28.6. The van der Waals surface area contributed by atoms with E-state index in [9.17, 15) is 17.9 Å². The summed E-state index contributed by atoms with van der Waals surface area (Å²) in [6.45, 7) is 5.50. The SMILES string of the molecule is CC(NS(=O)(=O)c1cnc(N2CCN3C[C@H](O)C[C@H]3C2)s1)c1ccccc1-c1cncn1CCc1ccc(F)cc1. The van der Waals surface area contributed by atoms with Crippen LogP contribution in [0, 0.1) is 5.82 Å². The lowest BCUT2D eigenvalue weighted by Crippen LogP contribution is -2.50. The van der Waals surface area contributed by atoms with E-state index in [2.05, 4.69) is 24.5 Å². The van der Waals surface area contributed by atoms with Gasteiger partial charge in [0.15, 0.2) is 9.34 Å². The number of halogens is 1. The molecule has 2 aromatic carbocycles. The van der Waals surface area contributed by atoms with Crippen molar-refractivity contribution in [3.05, 3.63) is 84.2 Å². The van der Waals surface area contributed by atoms with Gasteiger partial charge in [0.1, 0.15) is 5.82 Å². The van der Waals surface area contributed by atoms with Gasteiger partial charge in [-0.2, -0.15) is 0 Å². The molecule has 6 rings (SSSR count). The average molecular weight is 597 g/mol. The molecule has 0 saturated carbocycles. The van der Waals surface area contributed by atoms with Gasteiger partial charge in [-0.05, 0) is 43.0 Å². The Labute approximate surface area is 243 Å². The summed E-state index contributed by atoms with van der Waals surface area (Å²) in [5.74, 6) is -0.260. The molecule has 2 aliphatic heterocycles. The number of nitrogens with one attached hydrogen (secondary N) is 1. The molecular formula is C29H33FN6O3S2. The van der Waals surface area contributed by atoms with E-state index in [1.54, 1.807) is 24.7 Å². The van der Waals surface area contributed by atoms with Crippen LogP contribution in [-0.2, 0) is 23.0 Å². The van der Waals surface area contributed by atoms with Crippen molar-refractivity contribution in [1.82, 2.24) is 24.2 Å². The van der Waals surface area contributed by atoms with Gasteiger partial charge in [0, 0.05) is 50.4 Å². The quantitative estimate of drug-likeness (QED) is 0.304. The van der Waals surface area contributed by atoms with Crippen LogP contribution in [0.1, 0.15) is 30.5 Å². The van der Waals surface area contributed by atoms with Crippen LogP contribution in [0.15, 0.2) is 71.5 Å². The summed E-state index contributed by atoms with van der Waals surface area (Å²) in [6, 6.07) is 13.9. The normalized spacial score (nSPS) is 20.3. The van der Waals surface area contributed by atoms with Gasteiger partial charge in [-0.3, -0.25) is 4.90 Å². The molecule has 3 atom stereocenters. The summed E-state index contributed by atoms with van der Waals surface area (Å²) >= 11 is 1.17. The fraction of sp³-hybridized carbons (Fsp3) is 0.379. The first-order valence-corrected chi connectivity index (χ1v) is 16.1. The van der Waals surface area contributed by atoms with Crippen molar-refractivity contribution in [3.63, 3.8) is 0 Å². The van der Waals surface area contributed by atoms with Crippen LogP contribution in [0.2, 0.25) is 0 Å². The van der Waals surface area contributed by atoms with Gasteiger partial charge in [0.2, 0.25) is 0 Å². The van der Waals surface area contributed by atoms with Gasteiger partial charge in [-0.1, -0.05) is 47.7 Å². The van der Waals surface area contributed by atoms with Crippen LogP contribution in [0.3, 0.4) is 0 Å². The van der Waals surface area contributed by atoms with Crippen LogP contribution >= 0.6 is 11.3 Å². The molecule has 41 heavy (non-hydrogen) atoms. The first-order valence-electron chi connectivity index (χ1n) is 13.8. The molecule has 2 aliphatic rings. The van der Waals surface area contributed by atoms with Crippen molar-refractivity contribution >= 4 is 26.5 Å². The maximum absolute atomic E-state index is 13.4. The lowest BCUT2D eigenvalue weighted by Gasteiger charge is -2.37. The monoisotopic (exact) mass is 596 g/mol. The Bertz CT molecular complexity index is 1610. The number of nitrogens with zero attached hydrogens (tertiary/aromatic N) is 5. The molecule has 2 aromatic heterocycles. The molecule has 2 N–H and O–H groups in total. The van der Waals surface area contributed by atoms with E-state index in [0.717, 1.165) is 48.4 Å². The molecule has 1 unspecified atom stereocenters. The summed E-state index contributed by atoms with van der Waals surface area (Å²) in [5.41, 5.74) is 3.62. The number of imidazole rings is 1. The van der Waals surface area contributed by atoms with E-state index in [0.29, 0.717) is 24.6 Å². The molecule has 0 radical (unpaired) electrons. The minimum atomic E-state index is -3.82. The number of fused-ring (bicyclic) bond motifs is 1. The summed E-state index contributed by atoms with van der Waals surface area (Å²) in [7, 11) is -3.82. The summed E-state index contributed by atoms with van der Waals surface area (Å²) in [5, 5.41) is 10.7. The number of anilines is 1. The third-order valence-electron chi connectivity index (χ3n) is 7.90. The predicted molar refractivity (Wildman–Crippen MR) is 157 cm³/mol. The Morgan fingerprint density at radius 1 is 1.12 bits per heavy atom. The third-order valence-corrected chi connectivity index (χ3v) is 11.0. The maximum atomic E-state index is 13.4. The first-order chi connectivity index (χ1) is 19.8. The fourth-order valence-electron chi connectivity index (χ4n) is 5.80. The van der Waals surface area contributed by atoms with Crippen LogP contribution in [-0.4, -0.2) is 71.3 Å². The van der Waals surface area contributed by atoms with E-state index >= 15 is 0 Å². The molecule has 4 heterocycles. The number of hydrogen-bond donors (Lipinski definition) is 2. The summed E-state index contributed by atoms with van der Waals surface area (Å²) in [4.78, 5) is 13.2. The number of aliphatic hydroxyl groups excluding tert-OH is 1. The van der Waals surface area contributed by atoms with E-state index in [1.807, 2.05) is 35.8 Å². The van der Waals surface area contributed by atoms with Crippen LogP contribution in [0.4, 0.5) is 9.52 Å². The van der Waals surface area contributed by atoms with Crippen LogP contribution in [0.25, 0.3) is 11.3 Å². The molecule has 0 bridgehead atoms. The van der Waals surface area contributed by atoms with E-state index < -0.39 is 16.1 Å². The highest BCUT2D eigenvalue weighted by Gasteiger charge is 2.36. The van der Waals surface area contributed by atoms with Crippen molar-refractivity contribution in [2.75, 3.05) is 31.1 Å². The van der Waals surface area contributed by atoms with E-state index in [4.69, 9.17) is 0 Å². The number of sulfonamides is 1. The number of aryl methyl sites for hydroxylation is 2. The lowest BCUT2D eigenvalue weighted by atomic mass is 10.00. The number of aliphatic hydroxyl groups is 1. The fourth-order valence-corrected chi connectivity index (χ4v) is 8.19. The van der Waals surface area contributed by atoms with Crippen LogP contribution < -0.4 is 9.62 Å². The Morgan fingerprint density at radius 3 is 2.76 bits per heavy atom. The third kappa shape index (κ3) is 6.07. The molecule has 2 fully saturated rings. The number of benzene rings is 2. The standard InChI is InChI=1S/C29H33FN6O3S2/c1-20(33-41(38,39)28-16-32-29(40-28)35-13-12-34-18-24(37)14-23(34)17-35)25-4-2-3-5-26(25)27-15-31-19-36(27)11-10-21-6-8-22(30)9-7-21/h2-9,15-16,19-20,23-24,33,37H,10-14,17-18H2,1H3/t20?,23-,24+/m0/s1. The van der Waals surface area contributed by atoms with E-state index in [-0.39, 0.29) is 22.2 Å². The number of piperazine rings is 1. The average Bonchev–Trinajstić information content (AvgIpc) is 3.71.